The molecule has 1 aromatic carbocycles. The Bertz CT molecular complexity index is 1080. The maximum absolute atomic E-state index is 12.8. The van der Waals surface area contributed by atoms with Gasteiger partial charge in [-0.2, -0.15) is 13.2 Å². The number of pyridine rings is 1. The Morgan fingerprint density at radius 3 is 2.66 bits per heavy atom. The first-order valence-corrected chi connectivity index (χ1v) is 9.05. The molecule has 1 saturated heterocycles. The minimum absolute atomic E-state index is 0.0366. The van der Waals surface area contributed by atoms with Gasteiger partial charge in [0, 0.05) is 49.1 Å². The van der Waals surface area contributed by atoms with Gasteiger partial charge in [0.25, 0.3) is 5.91 Å². The van der Waals surface area contributed by atoms with Crippen molar-refractivity contribution in [2.24, 2.45) is 5.92 Å². The topological polar surface area (TPSA) is 78.1 Å². The molecule has 1 aliphatic heterocycles. The maximum Gasteiger partial charge on any atom is 0.416 e. The lowest BCUT2D eigenvalue weighted by Crippen LogP contribution is -2.29. The third-order valence-electron chi connectivity index (χ3n) is 5.14. The number of likely N-dealkylation sites (tertiary alicyclic amines) is 1. The summed E-state index contributed by atoms with van der Waals surface area (Å²) in [5, 5.41) is 19.3. The van der Waals surface area contributed by atoms with Crippen molar-refractivity contribution in [1.29, 1.82) is 0 Å². The van der Waals surface area contributed by atoms with Crippen LogP contribution in [0.5, 0.6) is 5.75 Å². The van der Waals surface area contributed by atoms with Crippen molar-refractivity contribution >= 4 is 11.6 Å². The van der Waals surface area contributed by atoms with Crippen LogP contribution in [0.15, 0.2) is 42.7 Å². The summed E-state index contributed by atoms with van der Waals surface area (Å²) < 4.78 is 40.0. The molecule has 29 heavy (non-hydrogen) atoms. The number of phenolic OH excluding ortho intramolecular Hbond substituents is 1. The Morgan fingerprint density at radius 1 is 1.21 bits per heavy atom. The van der Waals surface area contributed by atoms with E-state index >= 15 is 0 Å². The number of alkyl halides is 3. The largest absolute Gasteiger partial charge is 0.507 e. The molecule has 3 heterocycles. The van der Waals surface area contributed by atoms with Crippen molar-refractivity contribution in [3.8, 4) is 16.9 Å². The number of benzene rings is 1. The van der Waals surface area contributed by atoms with Crippen molar-refractivity contribution < 1.29 is 28.2 Å². The van der Waals surface area contributed by atoms with E-state index in [2.05, 4.69) is 4.98 Å². The Kier molecular flexibility index (Phi) is 4.70. The standard InChI is InChI=1S/C20H18F3N3O3/c21-20(22,23)14-2-3-15(17(28)7-14)13-1-4-18-24-16(10-26(18)9-13)19(29)25-6-5-12(8-25)11-27/h1-4,7,9-10,12,27-28H,5-6,8,11H2. The molecular formula is C20H18F3N3O3. The highest BCUT2D eigenvalue weighted by Crippen LogP contribution is 2.36. The molecule has 0 bridgehead atoms. The van der Waals surface area contributed by atoms with Crippen molar-refractivity contribution in [1.82, 2.24) is 14.3 Å². The van der Waals surface area contributed by atoms with Crippen LogP contribution in [0.4, 0.5) is 13.2 Å². The van der Waals surface area contributed by atoms with Gasteiger partial charge in [0.2, 0.25) is 0 Å². The van der Waals surface area contributed by atoms with E-state index in [1.54, 1.807) is 33.8 Å². The number of nitrogens with zero attached hydrogens (tertiary/aromatic N) is 3. The normalized spacial score (nSPS) is 17.2. The van der Waals surface area contributed by atoms with Gasteiger partial charge < -0.3 is 19.5 Å². The van der Waals surface area contributed by atoms with Crippen LogP contribution in [0.1, 0.15) is 22.5 Å². The molecule has 1 unspecified atom stereocenters. The van der Waals surface area contributed by atoms with Gasteiger partial charge in [-0.1, -0.05) is 6.07 Å². The second-order valence-electron chi connectivity index (χ2n) is 7.13. The highest BCUT2D eigenvalue weighted by atomic mass is 19.4. The summed E-state index contributed by atoms with van der Waals surface area (Å²) in [6, 6.07) is 6.06. The minimum atomic E-state index is -4.54. The van der Waals surface area contributed by atoms with Crippen molar-refractivity contribution in [3.05, 3.63) is 54.0 Å². The quantitative estimate of drug-likeness (QED) is 0.702. The first kappa shape index (κ1) is 19.3. The lowest BCUT2D eigenvalue weighted by atomic mass is 10.0. The van der Waals surface area contributed by atoms with E-state index in [0.29, 0.717) is 30.4 Å². The van der Waals surface area contributed by atoms with Gasteiger partial charge in [-0.3, -0.25) is 4.79 Å². The van der Waals surface area contributed by atoms with Gasteiger partial charge in [-0.15, -0.1) is 0 Å². The van der Waals surface area contributed by atoms with Gasteiger partial charge in [-0.05, 0) is 30.7 Å². The average molecular weight is 405 g/mol. The number of imidazole rings is 1. The average Bonchev–Trinajstić information content (AvgIpc) is 3.33. The van der Waals surface area contributed by atoms with E-state index in [1.165, 1.54) is 6.07 Å². The SMILES string of the molecule is O=C(c1cn2cc(-c3ccc(C(F)(F)F)cc3O)ccc2n1)N1CCC(CO)C1. The summed E-state index contributed by atoms with van der Waals surface area (Å²) in [7, 11) is 0. The number of hydrogen-bond acceptors (Lipinski definition) is 4. The number of carbonyl (C=O) groups is 1. The summed E-state index contributed by atoms with van der Waals surface area (Å²) in [5.41, 5.74) is 0.550. The summed E-state index contributed by atoms with van der Waals surface area (Å²) >= 11 is 0. The number of halogens is 3. The molecule has 0 aliphatic carbocycles. The van der Waals surface area contributed by atoms with E-state index in [-0.39, 0.29) is 29.7 Å². The van der Waals surface area contributed by atoms with E-state index in [4.69, 9.17) is 0 Å². The summed E-state index contributed by atoms with van der Waals surface area (Å²) in [6.45, 7) is 1.07. The van der Waals surface area contributed by atoms with E-state index < -0.39 is 17.5 Å². The molecule has 3 aromatic rings. The molecule has 1 fully saturated rings. The fraction of sp³-hybridized carbons (Fsp3) is 0.300. The van der Waals surface area contributed by atoms with Crippen molar-refractivity contribution in [2.45, 2.75) is 12.6 Å². The zero-order chi connectivity index (χ0) is 20.8. The third-order valence-corrected chi connectivity index (χ3v) is 5.14. The number of amides is 1. The van der Waals surface area contributed by atoms with Crippen LogP contribution < -0.4 is 0 Å². The van der Waals surface area contributed by atoms with Crippen LogP contribution in [-0.4, -0.2) is 50.1 Å². The van der Waals surface area contributed by atoms with Gasteiger partial charge in [0.15, 0.2) is 0 Å². The number of aromatic hydroxyl groups is 1. The molecule has 4 rings (SSSR count). The molecule has 9 heteroatoms. The van der Waals surface area contributed by atoms with Gasteiger partial charge in [-0.25, -0.2) is 4.98 Å². The second-order valence-corrected chi connectivity index (χ2v) is 7.13. The third kappa shape index (κ3) is 3.65. The van der Waals surface area contributed by atoms with Gasteiger partial charge >= 0.3 is 6.18 Å². The van der Waals surface area contributed by atoms with E-state index in [9.17, 15) is 28.2 Å². The minimum Gasteiger partial charge on any atom is -0.507 e. The number of phenols is 1. The van der Waals surface area contributed by atoms with Crippen LogP contribution in [-0.2, 0) is 6.18 Å². The lowest BCUT2D eigenvalue weighted by molar-refractivity contribution is -0.137. The number of carbonyl (C=O) groups excluding carboxylic acids is 1. The van der Waals surface area contributed by atoms with E-state index in [1.807, 2.05) is 0 Å². The zero-order valence-electron chi connectivity index (χ0n) is 15.2. The van der Waals surface area contributed by atoms with Crippen LogP contribution in [0.3, 0.4) is 0 Å². The molecule has 0 spiro atoms. The van der Waals surface area contributed by atoms with E-state index in [0.717, 1.165) is 12.5 Å². The number of rotatable bonds is 3. The molecule has 0 saturated carbocycles. The molecular weight excluding hydrogens is 387 g/mol. The van der Waals surface area contributed by atoms with Crippen molar-refractivity contribution in [2.75, 3.05) is 19.7 Å². The van der Waals surface area contributed by atoms with Crippen LogP contribution >= 0.6 is 0 Å². The molecule has 152 valence electrons. The number of aromatic nitrogens is 2. The summed E-state index contributed by atoms with van der Waals surface area (Å²) in [4.78, 5) is 18.6. The molecule has 1 aliphatic rings. The predicted molar refractivity (Wildman–Crippen MR) is 98.4 cm³/mol. The monoisotopic (exact) mass is 405 g/mol. The van der Waals surface area contributed by atoms with Gasteiger partial charge in [0.1, 0.15) is 17.1 Å². The molecule has 1 amide bonds. The first-order valence-electron chi connectivity index (χ1n) is 9.05. The predicted octanol–water partition coefficient (Wildman–Crippen LogP) is 3.18. The van der Waals surface area contributed by atoms with Crippen LogP contribution in [0.2, 0.25) is 0 Å². The second kappa shape index (κ2) is 7.07. The van der Waals surface area contributed by atoms with Crippen LogP contribution in [0.25, 0.3) is 16.8 Å². The smallest absolute Gasteiger partial charge is 0.416 e. The lowest BCUT2D eigenvalue weighted by Gasteiger charge is -2.14. The summed E-state index contributed by atoms with van der Waals surface area (Å²) in [5.74, 6) is -0.642. The summed E-state index contributed by atoms with van der Waals surface area (Å²) in [6.07, 6.45) is -0.645. The molecule has 0 radical (unpaired) electrons. The van der Waals surface area contributed by atoms with Crippen molar-refractivity contribution in [3.63, 3.8) is 0 Å². The zero-order valence-corrected chi connectivity index (χ0v) is 15.2. The molecule has 2 N–H and O–H groups in total. The Hall–Kier alpha value is -3.07. The Morgan fingerprint density at radius 2 is 2.00 bits per heavy atom. The fourth-order valence-electron chi connectivity index (χ4n) is 3.53. The molecule has 1 atom stereocenters. The van der Waals surface area contributed by atoms with Gasteiger partial charge in [0.05, 0.1) is 5.56 Å². The first-order chi connectivity index (χ1) is 13.8. The highest BCUT2D eigenvalue weighted by Gasteiger charge is 2.31. The number of fused-ring (bicyclic) bond motifs is 1. The highest BCUT2D eigenvalue weighted by molar-refractivity contribution is 5.93. The fourth-order valence-corrected chi connectivity index (χ4v) is 3.53. The Balaban J connectivity index is 1.63. The number of aliphatic hydroxyl groups is 1. The van der Waals surface area contributed by atoms with Crippen LogP contribution in [0, 0.1) is 5.92 Å². The Labute approximate surface area is 163 Å². The molecule has 2 aromatic heterocycles. The maximum atomic E-state index is 12.8. The number of hydrogen-bond donors (Lipinski definition) is 2. The molecule has 6 nitrogen and oxygen atoms in total. The number of aliphatic hydroxyl groups excluding tert-OH is 1.